The second-order valence-electron chi connectivity index (χ2n) is 3.83. The van der Waals surface area contributed by atoms with Crippen LogP contribution in [0.3, 0.4) is 0 Å². The van der Waals surface area contributed by atoms with E-state index in [-0.39, 0.29) is 12.5 Å². The second kappa shape index (κ2) is 7.85. The zero-order valence-electron chi connectivity index (χ0n) is 10.5. The molecular formula is C10H17N3O5S. The molecule has 0 saturated carbocycles. The van der Waals surface area contributed by atoms with Crippen molar-refractivity contribution >= 4 is 29.7 Å². The highest BCUT2D eigenvalue weighted by molar-refractivity contribution is 7.99. The summed E-state index contributed by atoms with van der Waals surface area (Å²) >= 11 is 1.37. The number of carboxylic acids is 1. The van der Waals surface area contributed by atoms with Crippen LogP contribution in [0, 0.1) is 0 Å². The van der Waals surface area contributed by atoms with Gasteiger partial charge < -0.3 is 25.4 Å². The Kier molecular flexibility index (Phi) is 6.43. The van der Waals surface area contributed by atoms with Gasteiger partial charge in [-0.3, -0.25) is 4.79 Å². The van der Waals surface area contributed by atoms with Crippen molar-refractivity contribution in [3.8, 4) is 0 Å². The third kappa shape index (κ3) is 4.95. The number of carbonyl (C=O) groups is 3. The molecule has 0 aliphatic carbocycles. The molecule has 1 atom stereocenters. The largest absolute Gasteiger partial charge is 0.480 e. The molecular weight excluding hydrogens is 274 g/mol. The van der Waals surface area contributed by atoms with Gasteiger partial charge in [0.05, 0.1) is 19.0 Å². The summed E-state index contributed by atoms with van der Waals surface area (Å²) in [7, 11) is 1.52. The number of nitrogens with one attached hydrogen (secondary N) is 2. The Morgan fingerprint density at radius 1 is 1.42 bits per heavy atom. The summed E-state index contributed by atoms with van der Waals surface area (Å²) in [5.41, 5.74) is 0. The van der Waals surface area contributed by atoms with Crippen LogP contribution in [0.2, 0.25) is 0 Å². The Hall–Kier alpha value is -1.48. The average molecular weight is 291 g/mol. The van der Waals surface area contributed by atoms with Gasteiger partial charge in [0.2, 0.25) is 5.91 Å². The van der Waals surface area contributed by atoms with E-state index in [4.69, 9.17) is 9.84 Å². The van der Waals surface area contributed by atoms with Crippen LogP contribution in [-0.2, 0) is 14.3 Å². The highest BCUT2D eigenvalue weighted by Crippen LogP contribution is 2.20. The average Bonchev–Trinajstić information content (AvgIpc) is 2.85. The number of hydrogen-bond donors (Lipinski definition) is 3. The van der Waals surface area contributed by atoms with Gasteiger partial charge in [-0.25, -0.2) is 9.59 Å². The lowest BCUT2D eigenvalue weighted by molar-refractivity contribution is -0.140. The molecule has 3 N–H and O–H groups in total. The Morgan fingerprint density at radius 3 is 2.79 bits per heavy atom. The highest BCUT2D eigenvalue weighted by Gasteiger charge is 2.34. The van der Waals surface area contributed by atoms with Crippen molar-refractivity contribution in [2.24, 2.45) is 0 Å². The fourth-order valence-electron chi connectivity index (χ4n) is 1.46. The molecule has 108 valence electrons. The number of rotatable bonds is 6. The number of methoxy groups -OCH3 is 1. The zero-order valence-corrected chi connectivity index (χ0v) is 11.4. The molecule has 1 aliphatic heterocycles. The molecule has 1 fully saturated rings. The Morgan fingerprint density at radius 2 is 2.16 bits per heavy atom. The van der Waals surface area contributed by atoms with Crippen LogP contribution in [0.5, 0.6) is 0 Å². The molecule has 19 heavy (non-hydrogen) atoms. The summed E-state index contributed by atoms with van der Waals surface area (Å²) in [5, 5.41) is 13.9. The summed E-state index contributed by atoms with van der Waals surface area (Å²) in [6.45, 7) is 0.572. The van der Waals surface area contributed by atoms with Gasteiger partial charge in [0.15, 0.2) is 0 Å². The fourth-order valence-corrected chi connectivity index (χ4v) is 2.60. The Labute approximate surface area is 114 Å². The molecule has 3 amide bonds. The molecule has 0 bridgehead atoms. The topological polar surface area (TPSA) is 108 Å². The molecule has 1 saturated heterocycles. The SMILES string of the molecule is COCCNC(=O)CNC(=O)N1CSCC1C(=O)O. The van der Waals surface area contributed by atoms with E-state index in [1.807, 2.05) is 0 Å². The minimum Gasteiger partial charge on any atom is -0.480 e. The van der Waals surface area contributed by atoms with E-state index < -0.39 is 18.0 Å². The van der Waals surface area contributed by atoms with Gasteiger partial charge in [0.1, 0.15) is 6.04 Å². The van der Waals surface area contributed by atoms with Crippen LogP contribution >= 0.6 is 11.8 Å². The number of ether oxygens (including phenoxy) is 1. The van der Waals surface area contributed by atoms with E-state index in [1.165, 1.54) is 23.8 Å². The normalized spacial score (nSPS) is 18.2. The van der Waals surface area contributed by atoms with Crippen molar-refractivity contribution in [2.45, 2.75) is 6.04 Å². The van der Waals surface area contributed by atoms with Gasteiger partial charge in [0, 0.05) is 19.4 Å². The molecule has 8 nitrogen and oxygen atoms in total. The van der Waals surface area contributed by atoms with Gasteiger partial charge in [0.25, 0.3) is 0 Å². The number of thioether (sulfide) groups is 1. The van der Waals surface area contributed by atoms with E-state index in [1.54, 1.807) is 0 Å². The third-order valence-corrected chi connectivity index (χ3v) is 3.47. The first kappa shape index (κ1) is 15.6. The summed E-state index contributed by atoms with van der Waals surface area (Å²) in [5.74, 6) is -0.703. The quantitative estimate of drug-likeness (QED) is 0.537. The van der Waals surface area contributed by atoms with Crippen LogP contribution in [0.25, 0.3) is 0 Å². The number of carboxylic acid groups (broad SMARTS) is 1. The number of hydrogen-bond acceptors (Lipinski definition) is 5. The van der Waals surface area contributed by atoms with Crippen LogP contribution in [0.4, 0.5) is 4.79 Å². The van der Waals surface area contributed by atoms with Gasteiger partial charge in [-0.2, -0.15) is 0 Å². The molecule has 1 aliphatic rings. The summed E-state index contributed by atoms with van der Waals surface area (Å²) in [6.07, 6.45) is 0. The zero-order chi connectivity index (χ0) is 14.3. The monoisotopic (exact) mass is 291 g/mol. The molecule has 0 radical (unpaired) electrons. The third-order valence-electron chi connectivity index (χ3n) is 2.46. The van der Waals surface area contributed by atoms with E-state index in [0.29, 0.717) is 24.8 Å². The molecule has 0 aromatic carbocycles. The molecule has 0 aromatic rings. The van der Waals surface area contributed by atoms with Gasteiger partial charge in [-0.05, 0) is 0 Å². The Balaban J connectivity index is 2.30. The van der Waals surface area contributed by atoms with Crippen molar-refractivity contribution < 1.29 is 24.2 Å². The lowest BCUT2D eigenvalue weighted by atomic mass is 10.3. The molecule has 1 unspecified atom stereocenters. The number of aliphatic carboxylic acids is 1. The first-order chi connectivity index (χ1) is 9.06. The predicted octanol–water partition coefficient (Wildman–Crippen LogP) is -1.08. The first-order valence-corrected chi connectivity index (χ1v) is 6.82. The molecule has 1 heterocycles. The van der Waals surface area contributed by atoms with Crippen molar-refractivity contribution in [3.05, 3.63) is 0 Å². The van der Waals surface area contributed by atoms with Gasteiger partial charge in [-0.1, -0.05) is 0 Å². The lowest BCUT2D eigenvalue weighted by Crippen LogP contribution is -2.49. The van der Waals surface area contributed by atoms with Crippen LogP contribution in [0.1, 0.15) is 0 Å². The molecule has 0 spiro atoms. The maximum absolute atomic E-state index is 11.7. The van der Waals surface area contributed by atoms with E-state index >= 15 is 0 Å². The van der Waals surface area contributed by atoms with Crippen LogP contribution in [0.15, 0.2) is 0 Å². The van der Waals surface area contributed by atoms with Crippen LogP contribution < -0.4 is 10.6 Å². The molecule has 9 heteroatoms. The lowest BCUT2D eigenvalue weighted by Gasteiger charge is -2.20. The highest BCUT2D eigenvalue weighted by atomic mass is 32.2. The number of nitrogens with zero attached hydrogens (tertiary/aromatic N) is 1. The van der Waals surface area contributed by atoms with Crippen molar-refractivity contribution in [1.82, 2.24) is 15.5 Å². The van der Waals surface area contributed by atoms with Crippen molar-refractivity contribution in [1.29, 1.82) is 0 Å². The van der Waals surface area contributed by atoms with Crippen LogP contribution in [-0.4, -0.2) is 72.4 Å². The molecule has 1 rings (SSSR count). The summed E-state index contributed by atoms with van der Waals surface area (Å²) in [6, 6.07) is -1.37. The van der Waals surface area contributed by atoms with Crippen molar-refractivity contribution in [3.63, 3.8) is 0 Å². The number of urea groups is 1. The second-order valence-corrected chi connectivity index (χ2v) is 4.82. The first-order valence-electron chi connectivity index (χ1n) is 5.67. The molecule has 0 aromatic heterocycles. The number of carbonyl (C=O) groups excluding carboxylic acids is 2. The van der Waals surface area contributed by atoms with E-state index in [9.17, 15) is 14.4 Å². The van der Waals surface area contributed by atoms with E-state index in [0.717, 1.165) is 0 Å². The summed E-state index contributed by atoms with van der Waals surface area (Å²) < 4.78 is 4.76. The maximum atomic E-state index is 11.7. The van der Waals surface area contributed by atoms with Gasteiger partial charge in [-0.15, -0.1) is 11.8 Å². The minimum absolute atomic E-state index is 0.184. The predicted molar refractivity (Wildman–Crippen MR) is 68.9 cm³/mol. The Bertz CT molecular complexity index is 352. The van der Waals surface area contributed by atoms with E-state index in [2.05, 4.69) is 10.6 Å². The van der Waals surface area contributed by atoms with Gasteiger partial charge >= 0.3 is 12.0 Å². The standard InChI is InChI=1S/C10H17N3O5S/c1-18-3-2-11-8(14)4-12-10(17)13-6-19-5-7(13)9(15)16/h7H,2-6H2,1H3,(H,11,14)(H,12,17)(H,15,16). The van der Waals surface area contributed by atoms with Crippen molar-refractivity contribution in [2.75, 3.05) is 38.4 Å². The number of amides is 3. The maximum Gasteiger partial charge on any atom is 0.327 e. The fraction of sp³-hybridized carbons (Fsp3) is 0.700. The summed E-state index contributed by atoms with van der Waals surface area (Å²) in [4.78, 5) is 35.2. The minimum atomic E-state index is -1.04. The smallest absolute Gasteiger partial charge is 0.327 e.